The first-order valence-corrected chi connectivity index (χ1v) is 8.22. The molecule has 0 spiro atoms. The SMILES string of the molecule is C/C(=C\C(=O)Nc1cccc(CNC(=O)c2cccnc2)c1)C(C)C. The molecule has 2 aromatic rings. The van der Waals surface area contributed by atoms with Crippen molar-refractivity contribution in [2.75, 3.05) is 5.32 Å². The zero-order chi connectivity index (χ0) is 18.2. The molecule has 0 atom stereocenters. The summed E-state index contributed by atoms with van der Waals surface area (Å²) < 4.78 is 0. The van der Waals surface area contributed by atoms with Gasteiger partial charge in [-0.05, 0) is 42.7 Å². The van der Waals surface area contributed by atoms with E-state index in [0.717, 1.165) is 11.1 Å². The van der Waals surface area contributed by atoms with Crippen LogP contribution in [0.1, 0.15) is 36.7 Å². The van der Waals surface area contributed by atoms with Crippen LogP contribution >= 0.6 is 0 Å². The lowest BCUT2D eigenvalue weighted by molar-refractivity contribution is -0.112. The summed E-state index contributed by atoms with van der Waals surface area (Å²) in [4.78, 5) is 28.0. The van der Waals surface area contributed by atoms with E-state index in [9.17, 15) is 9.59 Å². The molecular formula is C20H23N3O2. The first-order valence-electron chi connectivity index (χ1n) is 8.22. The average Bonchev–Trinajstić information content (AvgIpc) is 2.60. The number of nitrogens with one attached hydrogen (secondary N) is 2. The highest BCUT2D eigenvalue weighted by Gasteiger charge is 2.06. The van der Waals surface area contributed by atoms with E-state index < -0.39 is 0 Å². The highest BCUT2D eigenvalue weighted by atomic mass is 16.2. The van der Waals surface area contributed by atoms with Crippen LogP contribution < -0.4 is 10.6 Å². The molecule has 0 saturated heterocycles. The van der Waals surface area contributed by atoms with Crippen molar-refractivity contribution >= 4 is 17.5 Å². The topological polar surface area (TPSA) is 71.1 Å². The van der Waals surface area contributed by atoms with Crippen LogP contribution in [-0.2, 0) is 11.3 Å². The molecule has 2 amide bonds. The Morgan fingerprint density at radius 3 is 2.68 bits per heavy atom. The summed E-state index contributed by atoms with van der Waals surface area (Å²) in [5.74, 6) is 0.000508. The molecule has 0 bridgehead atoms. The summed E-state index contributed by atoms with van der Waals surface area (Å²) in [7, 11) is 0. The normalized spacial score (nSPS) is 11.3. The van der Waals surface area contributed by atoms with Gasteiger partial charge >= 0.3 is 0 Å². The van der Waals surface area contributed by atoms with Crippen molar-refractivity contribution in [3.8, 4) is 0 Å². The van der Waals surface area contributed by atoms with Gasteiger partial charge in [0, 0.05) is 30.7 Å². The summed E-state index contributed by atoms with van der Waals surface area (Å²) in [5.41, 5.74) is 3.14. The van der Waals surface area contributed by atoms with Crippen molar-refractivity contribution in [2.24, 2.45) is 5.92 Å². The lowest BCUT2D eigenvalue weighted by atomic mass is 10.1. The molecule has 25 heavy (non-hydrogen) atoms. The third-order valence-electron chi connectivity index (χ3n) is 3.84. The number of hydrogen-bond donors (Lipinski definition) is 2. The Labute approximate surface area is 148 Å². The number of carbonyl (C=O) groups excluding carboxylic acids is 2. The van der Waals surface area contributed by atoms with E-state index >= 15 is 0 Å². The Morgan fingerprint density at radius 1 is 1.20 bits per heavy atom. The minimum absolute atomic E-state index is 0.150. The zero-order valence-corrected chi connectivity index (χ0v) is 14.7. The van der Waals surface area contributed by atoms with Crippen molar-refractivity contribution in [3.63, 3.8) is 0 Å². The Bertz CT molecular complexity index is 768. The van der Waals surface area contributed by atoms with Crippen LogP contribution in [0.5, 0.6) is 0 Å². The highest BCUT2D eigenvalue weighted by Crippen LogP contribution is 2.12. The van der Waals surface area contributed by atoms with Gasteiger partial charge in [-0.25, -0.2) is 0 Å². The number of carbonyl (C=O) groups is 2. The molecule has 5 heteroatoms. The van der Waals surface area contributed by atoms with Gasteiger partial charge in [-0.15, -0.1) is 0 Å². The van der Waals surface area contributed by atoms with Crippen molar-refractivity contribution in [1.82, 2.24) is 10.3 Å². The Hall–Kier alpha value is -2.95. The minimum Gasteiger partial charge on any atom is -0.348 e. The third-order valence-corrected chi connectivity index (χ3v) is 3.84. The smallest absolute Gasteiger partial charge is 0.253 e. The van der Waals surface area contributed by atoms with Crippen LogP contribution in [0.2, 0.25) is 0 Å². The number of benzene rings is 1. The monoisotopic (exact) mass is 337 g/mol. The van der Waals surface area contributed by atoms with Crippen molar-refractivity contribution in [1.29, 1.82) is 0 Å². The predicted molar refractivity (Wildman–Crippen MR) is 99.1 cm³/mol. The van der Waals surface area contributed by atoms with Crippen molar-refractivity contribution in [3.05, 3.63) is 71.6 Å². The number of rotatable bonds is 6. The zero-order valence-electron chi connectivity index (χ0n) is 14.7. The summed E-state index contributed by atoms with van der Waals surface area (Å²) in [5, 5.41) is 5.69. The number of nitrogens with zero attached hydrogens (tertiary/aromatic N) is 1. The van der Waals surface area contributed by atoms with Gasteiger partial charge in [-0.2, -0.15) is 0 Å². The van der Waals surface area contributed by atoms with Gasteiger partial charge in [-0.1, -0.05) is 31.6 Å². The second-order valence-electron chi connectivity index (χ2n) is 6.16. The molecular weight excluding hydrogens is 314 g/mol. The molecule has 0 saturated carbocycles. The van der Waals surface area contributed by atoms with Gasteiger partial charge in [0.05, 0.1) is 5.56 Å². The summed E-state index contributed by atoms with van der Waals surface area (Å²) in [6.45, 7) is 6.41. The number of anilines is 1. The molecule has 0 unspecified atom stereocenters. The van der Waals surface area contributed by atoms with E-state index in [0.29, 0.717) is 23.7 Å². The van der Waals surface area contributed by atoms with Gasteiger partial charge in [-0.3, -0.25) is 14.6 Å². The molecule has 1 aromatic carbocycles. The standard InChI is InChI=1S/C20H23N3O2/c1-14(2)15(3)10-19(24)23-18-8-4-6-16(11-18)12-22-20(25)17-7-5-9-21-13-17/h4-11,13-14H,12H2,1-3H3,(H,22,25)(H,23,24)/b15-10+. The number of amides is 2. The minimum atomic E-state index is -0.182. The van der Waals surface area contributed by atoms with Gasteiger partial charge in [0.15, 0.2) is 0 Å². The second-order valence-corrected chi connectivity index (χ2v) is 6.16. The van der Waals surface area contributed by atoms with E-state index in [-0.39, 0.29) is 11.8 Å². The molecule has 5 nitrogen and oxygen atoms in total. The van der Waals surface area contributed by atoms with E-state index in [2.05, 4.69) is 15.6 Å². The largest absolute Gasteiger partial charge is 0.348 e. The maximum absolute atomic E-state index is 12.0. The molecule has 0 aliphatic rings. The van der Waals surface area contributed by atoms with E-state index in [1.807, 2.05) is 45.0 Å². The Balaban J connectivity index is 1.96. The number of hydrogen-bond acceptors (Lipinski definition) is 3. The van der Waals surface area contributed by atoms with Gasteiger partial charge in [0.2, 0.25) is 5.91 Å². The fourth-order valence-corrected chi connectivity index (χ4v) is 2.09. The fraction of sp³-hybridized carbons (Fsp3) is 0.250. The van der Waals surface area contributed by atoms with Crippen LogP contribution in [0, 0.1) is 5.92 Å². The maximum atomic E-state index is 12.0. The van der Waals surface area contributed by atoms with Crippen LogP contribution in [-0.4, -0.2) is 16.8 Å². The predicted octanol–water partition coefficient (Wildman–Crippen LogP) is 3.55. The molecule has 1 heterocycles. The highest BCUT2D eigenvalue weighted by molar-refractivity contribution is 5.99. The molecule has 0 aliphatic heterocycles. The molecule has 130 valence electrons. The van der Waals surface area contributed by atoms with E-state index in [1.54, 1.807) is 24.4 Å². The van der Waals surface area contributed by atoms with E-state index in [4.69, 9.17) is 0 Å². The number of pyridine rings is 1. The van der Waals surface area contributed by atoms with Crippen LogP contribution in [0.15, 0.2) is 60.4 Å². The number of allylic oxidation sites excluding steroid dienone is 1. The first kappa shape index (κ1) is 18.4. The van der Waals surface area contributed by atoms with Gasteiger partial charge in [0.25, 0.3) is 5.91 Å². The van der Waals surface area contributed by atoms with Crippen LogP contribution in [0.3, 0.4) is 0 Å². The number of aromatic nitrogens is 1. The maximum Gasteiger partial charge on any atom is 0.253 e. The third kappa shape index (κ3) is 5.88. The molecule has 0 fully saturated rings. The molecule has 2 rings (SSSR count). The fourth-order valence-electron chi connectivity index (χ4n) is 2.09. The average molecular weight is 337 g/mol. The molecule has 0 aliphatic carbocycles. The summed E-state index contributed by atoms with van der Waals surface area (Å²) >= 11 is 0. The Morgan fingerprint density at radius 2 is 2.00 bits per heavy atom. The Kier molecular flexibility index (Phi) is 6.46. The van der Waals surface area contributed by atoms with Gasteiger partial charge in [0.1, 0.15) is 0 Å². The lowest BCUT2D eigenvalue weighted by Crippen LogP contribution is -2.22. The summed E-state index contributed by atoms with van der Waals surface area (Å²) in [6, 6.07) is 10.8. The molecule has 1 aromatic heterocycles. The lowest BCUT2D eigenvalue weighted by Gasteiger charge is -2.09. The molecule has 2 N–H and O–H groups in total. The molecule has 0 radical (unpaired) electrons. The summed E-state index contributed by atoms with van der Waals surface area (Å²) in [6.07, 6.45) is 4.76. The van der Waals surface area contributed by atoms with Crippen LogP contribution in [0.25, 0.3) is 0 Å². The van der Waals surface area contributed by atoms with Crippen molar-refractivity contribution in [2.45, 2.75) is 27.3 Å². The first-order chi connectivity index (χ1) is 12.0. The van der Waals surface area contributed by atoms with Crippen LogP contribution in [0.4, 0.5) is 5.69 Å². The van der Waals surface area contributed by atoms with Gasteiger partial charge < -0.3 is 10.6 Å². The van der Waals surface area contributed by atoms with E-state index in [1.165, 1.54) is 6.20 Å². The quantitative estimate of drug-likeness (QED) is 0.792. The van der Waals surface area contributed by atoms with Crippen molar-refractivity contribution < 1.29 is 9.59 Å². The second kappa shape index (κ2) is 8.78.